The highest BCUT2D eigenvalue weighted by atomic mass is 32.2. The number of benzene rings is 1. The van der Waals surface area contributed by atoms with Crippen molar-refractivity contribution in [2.75, 3.05) is 11.9 Å². The predicted molar refractivity (Wildman–Crippen MR) is 81.0 cm³/mol. The second-order valence-electron chi connectivity index (χ2n) is 4.92. The van der Waals surface area contributed by atoms with Gasteiger partial charge in [0.05, 0.1) is 0 Å². The molecule has 1 unspecified atom stereocenters. The van der Waals surface area contributed by atoms with Gasteiger partial charge in [-0.2, -0.15) is 4.98 Å². The van der Waals surface area contributed by atoms with E-state index >= 15 is 0 Å². The van der Waals surface area contributed by atoms with Crippen molar-refractivity contribution >= 4 is 21.4 Å². The Bertz CT molecular complexity index is 755. The fourth-order valence-corrected chi connectivity index (χ4v) is 3.08. The number of carbonyl (C=O) groups is 1. The first kappa shape index (κ1) is 16.2. The summed E-state index contributed by atoms with van der Waals surface area (Å²) in [6.07, 6.45) is 0. The van der Waals surface area contributed by atoms with E-state index in [-0.39, 0.29) is 5.89 Å². The van der Waals surface area contributed by atoms with Crippen LogP contribution < -0.4 is 4.90 Å². The van der Waals surface area contributed by atoms with Crippen LogP contribution in [0.15, 0.2) is 34.9 Å². The minimum Gasteiger partial charge on any atom is -0.338 e. The lowest BCUT2D eigenvalue weighted by atomic mass is 10.3. The molecule has 1 aromatic heterocycles. The van der Waals surface area contributed by atoms with Crippen LogP contribution >= 0.6 is 0 Å². The van der Waals surface area contributed by atoms with Crippen LogP contribution in [0.3, 0.4) is 0 Å². The van der Waals surface area contributed by atoms with Crippen LogP contribution in [0.1, 0.15) is 18.6 Å². The third kappa shape index (κ3) is 3.51. The molecule has 1 amide bonds. The Morgan fingerprint density at radius 2 is 1.95 bits per heavy atom. The van der Waals surface area contributed by atoms with Crippen LogP contribution in [0, 0.1) is 6.92 Å². The smallest absolute Gasteiger partial charge is 0.244 e. The maximum absolute atomic E-state index is 12.4. The number of para-hydroxylation sites is 1. The molecule has 0 bridgehead atoms. The Kier molecular flexibility index (Phi) is 4.60. The second kappa shape index (κ2) is 6.27. The normalized spacial score (nSPS) is 12.9. The van der Waals surface area contributed by atoms with Crippen LogP contribution in [-0.4, -0.2) is 36.8 Å². The summed E-state index contributed by atoms with van der Waals surface area (Å²) in [5.41, 5.74) is 0.628. The number of anilines is 1. The average molecular weight is 323 g/mol. The van der Waals surface area contributed by atoms with E-state index in [0.29, 0.717) is 11.5 Å². The molecule has 1 atom stereocenters. The first-order valence-electron chi connectivity index (χ1n) is 6.64. The summed E-state index contributed by atoms with van der Waals surface area (Å²) >= 11 is 0. The van der Waals surface area contributed by atoms with Gasteiger partial charge in [-0.25, -0.2) is 8.42 Å². The van der Waals surface area contributed by atoms with Gasteiger partial charge in [0, 0.05) is 12.7 Å². The maximum Gasteiger partial charge on any atom is 0.244 e. The van der Waals surface area contributed by atoms with E-state index in [9.17, 15) is 13.2 Å². The average Bonchev–Trinajstić information content (AvgIpc) is 2.90. The Labute approximate surface area is 128 Å². The van der Waals surface area contributed by atoms with Gasteiger partial charge in [0.25, 0.3) is 0 Å². The van der Waals surface area contributed by atoms with Crippen molar-refractivity contribution in [3.63, 3.8) is 0 Å². The summed E-state index contributed by atoms with van der Waals surface area (Å²) < 4.78 is 29.4. The van der Waals surface area contributed by atoms with E-state index in [0.717, 1.165) is 0 Å². The number of sulfone groups is 1. The molecule has 0 N–H and O–H groups in total. The number of nitrogens with zero attached hydrogens (tertiary/aromatic N) is 3. The zero-order valence-corrected chi connectivity index (χ0v) is 13.4. The zero-order valence-electron chi connectivity index (χ0n) is 12.6. The van der Waals surface area contributed by atoms with E-state index in [1.807, 2.05) is 6.07 Å². The van der Waals surface area contributed by atoms with Crippen molar-refractivity contribution in [3.8, 4) is 0 Å². The van der Waals surface area contributed by atoms with E-state index in [1.54, 1.807) is 38.2 Å². The molecule has 0 radical (unpaired) electrons. The number of amides is 1. The summed E-state index contributed by atoms with van der Waals surface area (Å²) in [5, 5.41) is 2.34. The SMILES string of the molecule is Cc1noc(CS(=O)(=O)C(C)C(=O)N(C)c2ccccc2)n1. The van der Waals surface area contributed by atoms with Gasteiger partial charge in [-0.15, -0.1) is 0 Å². The fourth-order valence-electron chi connectivity index (χ4n) is 1.90. The molecule has 0 saturated carbocycles. The molecule has 1 aromatic carbocycles. The first-order chi connectivity index (χ1) is 10.3. The van der Waals surface area contributed by atoms with Crippen LogP contribution in [0.4, 0.5) is 5.69 Å². The predicted octanol–water partition coefficient (Wildman–Crippen LogP) is 1.34. The molecule has 0 aliphatic heterocycles. The largest absolute Gasteiger partial charge is 0.338 e. The molecular formula is C14H17N3O4S. The minimum atomic E-state index is -3.74. The van der Waals surface area contributed by atoms with Crippen molar-refractivity contribution in [1.82, 2.24) is 10.1 Å². The summed E-state index contributed by atoms with van der Waals surface area (Å²) in [5.74, 6) is -0.629. The van der Waals surface area contributed by atoms with Crippen molar-refractivity contribution in [1.29, 1.82) is 0 Å². The monoisotopic (exact) mass is 323 g/mol. The van der Waals surface area contributed by atoms with E-state index in [1.165, 1.54) is 11.8 Å². The van der Waals surface area contributed by atoms with Crippen molar-refractivity contribution in [3.05, 3.63) is 42.0 Å². The standard InChI is InChI=1S/C14H17N3O4S/c1-10(14(18)17(3)12-7-5-4-6-8-12)22(19,20)9-13-15-11(2)16-21-13/h4-8,10H,9H2,1-3H3. The second-order valence-corrected chi connectivity index (χ2v) is 7.24. The number of rotatable bonds is 5. The highest BCUT2D eigenvalue weighted by molar-refractivity contribution is 7.92. The van der Waals surface area contributed by atoms with Crippen molar-refractivity contribution in [2.45, 2.75) is 24.9 Å². The topological polar surface area (TPSA) is 93.4 Å². The van der Waals surface area contributed by atoms with Gasteiger partial charge in [-0.05, 0) is 26.0 Å². The minimum absolute atomic E-state index is 0.0143. The Balaban J connectivity index is 2.15. The molecule has 0 fully saturated rings. The van der Waals surface area contributed by atoms with Gasteiger partial charge in [-0.1, -0.05) is 23.4 Å². The van der Waals surface area contributed by atoms with Crippen LogP contribution in [0.2, 0.25) is 0 Å². The van der Waals surface area contributed by atoms with Gasteiger partial charge in [0.2, 0.25) is 11.8 Å². The molecule has 22 heavy (non-hydrogen) atoms. The van der Waals surface area contributed by atoms with Gasteiger partial charge >= 0.3 is 0 Å². The third-order valence-electron chi connectivity index (χ3n) is 3.25. The number of carbonyl (C=O) groups excluding carboxylic acids is 1. The molecule has 118 valence electrons. The van der Waals surface area contributed by atoms with Crippen molar-refractivity contribution < 1.29 is 17.7 Å². The summed E-state index contributed by atoms with van der Waals surface area (Å²) in [6, 6.07) is 8.84. The lowest BCUT2D eigenvalue weighted by Gasteiger charge is -2.21. The highest BCUT2D eigenvalue weighted by Crippen LogP contribution is 2.17. The molecule has 0 aliphatic rings. The zero-order chi connectivity index (χ0) is 16.3. The van der Waals surface area contributed by atoms with Gasteiger partial charge in [0.15, 0.2) is 15.7 Å². The number of hydrogen-bond acceptors (Lipinski definition) is 6. The molecule has 0 aliphatic carbocycles. The Hall–Kier alpha value is -2.22. The summed E-state index contributed by atoms with van der Waals surface area (Å²) in [7, 11) is -2.20. The molecule has 8 heteroatoms. The van der Waals surface area contributed by atoms with E-state index in [4.69, 9.17) is 4.52 Å². The fraction of sp³-hybridized carbons (Fsp3) is 0.357. The molecule has 0 saturated heterocycles. The number of aromatic nitrogens is 2. The van der Waals surface area contributed by atoms with Gasteiger partial charge in [0.1, 0.15) is 11.0 Å². The lowest BCUT2D eigenvalue weighted by molar-refractivity contribution is -0.117. The van der Waals surface area contributed by atoms with E-state index < -0.39 is 26.7 Å². The molecular weight excluding hydrogens is 306 g/mol. The Morgan fingerprint density at radius 3 is 2.50 bits per heavy atom. The summed E-state index contributed by atoms with van der Waals surface area (Å²) in [4.78, 5) is 17.5. The van der Waals surface area contributed by atoms with Gasteiger partial charge in [-0.3, -0.25) is 4.79 Å². The molecule has 2 rings (SSSR count). The van der Waals surface area contributed by atoms with Crippen molar-refractivity contribution in [2.24, 2.45) is 0 Å². The maximum atomic E-state index is 12.4. The quantitative estimate of drug-likeness (QED) is 0.824. The highest BCUT2D eigenvalue weighted by Gasteiger charge is 2.32. The van der Waals surface area contributed by atoms with Gasteiger partial charge < -0.3 is 9.42 Å². The summed E-state index contributed by atoms with van der Waals surface area (Å²) in [6.45, 7) is 2.96. The molecule has 2 aromatic rings. The Morgan fingerprint density at radius 1 is 1.32 bits per heavy atom. The molecule has 0 spiro atoms. The molecule has 1 heterocycles. The van der Waals surface area contributed by atoms with Crippen LogP contribution in [0.5, 0.6) is 0 Å². The van der Waals surface area contributed by atoms with Crippen LogP contribution in [0.25, 0.3) is 0 Å². The van der Waals surface area contributed by atoms with E-state index in [2.05, 4.69) is 10.1 Å². The number of aryl methyl sites for hydroxylation is 1. The third-order valence-corrected chi connectivity index (χ3v) is 5.18. The van der Waals surface area contributed by atoms with Crippen LogP contribution in [-0.2, 0) is 20.4 Å². The lowest BCUT2D eigenvalue weighted by Crippen LogP contribution is -2.39. The molecule has 7 nitrogen and oxygen atoms in total. The number of hydrogen-bond donors (Lipinski definition) is 0. The first-order valence-corrected chi connectivity index (χ1v) is 8.36.